The second-order valence-electron chi connectivity index (χ2n) is 3.75. The van der Waals surface area contributed by atoms with Crippen LogP contribution in [0.5, 0.6) is 0 Å². The van der Waals surface area contributed by atoms with E-state index in [1.807, 2.05) is 13.8 Å². The largest absolute Gasteiger partial charge is 0.374 e. The highest BCUT2D eigenvalue weighted by Crippen LogP contribution is 2.11. The topological polar surface area (TPSA) is 88.2 Å². The standard InChI is InChI=1S/C12H21N5O2/c1-4-14-12(18)7-15-10-6-9(13-3)16-11(17-10)8-19-5-2/h6H,4-5,7-8H2,1-3H3,(H,14,18)(H2,13,15,16,17). The molecule has 0 aromatic carbocycles. The van der Waals surface area contributed by atoms with Gasteiger partial charge in [-0.2, -0.15) is 0 Å². The smallest absolute Gasteiger partial charge is 0.239 e. The van der Waals surface area contributed by atoms with E-state index in [0.717, 1.165) is 0 Å². The number of carbonyl (C=O) groups excluding carboxylic acids is 1. The van der Waals surface area contributed by atoms with Gasteiger partial charge in [-0.05, 0) is 13.8 Å². The van der Waals surface area contributed by atoms with Crippen LogP contribution in [0.3, 0.4) is 0 Å². The average molecular weight is 267 g/mol. The van der Waals surface area contributed by atoms with Crippen molar-refractivity contribution in [2.45, 2.75) is 20.5 Å². The molecule has 1 amide bonds. The Balaban J connectivity index is 2.67. The summed E-state index contributed by atoms with van der Waals surface area (Å²) >= 11 is 0. The van der Waals surface area contributed by atoms with E-state index in [4.69, 9.17) is 4.74 Å². The van der Waals surface area contributed by atoms with E-state index in [-0.39, 0.29) is 12.5 Å². The van der Waals surface area contributed by atoms with Crippen LogP contribution in [0.25, 0.3) is 0 Å². The van der Waals surface area contributed by atoms with Gasteiger partial charge >= 0.3 is 0 Å². The summed E-state index contributed by atoms with van der Waals surface area (Å²) < 4.78 is 5.28. The average Bonchev–Trinajstić information content (AvgIpc) is 2.43. The molecule has 7 heteroatoms. The van der Waals surface area contributed by atoms with Gasteiger partial charge in [-0.1, -0.05) is 0 Å². The van der Waals surface area contributed by atoms with Crippen LogP contribution in [0.15, 0.2) is 6.07 Å². The minimum atomic E-state index is -0.0709. The fourth-order valence-electron chi connectivity index (χ4n) is 1.40. The minimum absolute atomic E-state index is 0.0709. The Morgan fingerprint density at radius 3 is 2.68 bits per heavy atom. The number of nitrogens with zero attached hydrogens (tertiary/aromatic N) is 2. The van der Waals surface area contributed by atoms with Gasteiger partial charge in [0.05, 0.1) is 6.54 Å². The lowest BCUT2D eigenvalue weighted by Gasteiger charge is -2.09. The van der Waals surface area contributed by atoms with Crippen molar-refractivity contribution in [2.24, 2.45) is 0 Å². The van der Waals surface area contributed by atoms with Gasteiger partial charge in [-0.25, -0.2) is 9.97 Å². The molecule has 0 aliphatic heterocycles. The molecule has 0 fully saturated rings. The van der Waals surface area contributed by atoms with E-state index >= 15 is 0 Å². The predicted molar refractivity (Wildman–Crippen MR) is 74.1 cm³/mol. The zero-order valence-corrected chi connectivity index (χ0v) is 11.6. The minimum Gasteiger partial charge on any atom is -0.374 e. The number of anilines is 2. The quantitative estimate of drug-likeness (QED) is 0.639. The van der Waals surface area contributed by atoms with Crippen molar-refractivity contribution in [3.63, 3.8) is 0 Å². The van der Waals surface area contributed by atoms with E-state index in [0.29, 0.717) is 37.2 Å². The van der Waals surface area contributed by atoms with Gasteiger partial charge < -0.3 is 20.7 Å². The number of aromatic nitrogens is 2. The molecule has 1 aromatic rings. The molecule has 0 saturated carbocycles. The van der Waals surface area contributed by atoms with Crippen molar-refractivity contribution in [3.05, 3.63) is 11.9 Å². The van der Waals surface area contributed by atoms with Gasteiger partial charge in [0.1, 0.15) is 18.2 Å². The van der Waals surface area contributed by atoms with E-state index in [1.165, 1.54) is 0 Å². The molecule has 1 aromatic heterocycles. The fraction of sp³-hybridized carbons (Fsp3) is 0.583. The third-order valence-electron chi connectivity index (χ3n) is 2.27. The summed E-state index contributed by atoms with van der Waals surface area (Å²) in [6, 6.07) is 1.74. The van der Waals surface area contributed by atoms with Crippen LogP contribution in [-0.2, 0) is 16.1 Å². The molecule has 106 valence electrons. The van der Waals surface area contributed by atoms with Crippen LogP contribution in [0.1, 0.15) is 19.7 Å². The van der Waals surface area contributed by atoms with E-state index in [1.54, 1.807) is 13.1 Å². The first-order valence-electron chi connectivity index (χ1n) is 6.33. The van der Waals surface area contributed by atoms with Crippen molar-refractivity contribution < 1.29 is 9.53 Å². The number of amides is 1. The molecular formula is C12H21N5O2. The number of nitrogens with one attached hydrogen (secondary N) is 3. The number of hydrogen-bond donors (Lipinski definition) is 3. The Labute approximate surface area is 113 Å². The molecule has 0 spiro atoms. The first-order valence-corrected chi connectivity index (χ1v) is 6.33. The zero-order valence-electron chi connectivity index (χ0n) is 11.6. The van der Waals surface area contributed by atoms with Crippen molar-refractivity contribution in [3.8, 4) is 0 Å². The maximum absolute atomic E-state index is 11.4. The summed E-state index contributed by atoms with van der Waals surface area (Å²) in [6.07, 6.45) is 0. The molecule has 0 unspecified atom stereocenters. The third-order valence-corrected chi connectivity index (χ3v) is 2.27. The molecule has 0 aliphatic rings. The molecule has 0 atom stereocenters. The second-order valence-corrected chi connectivity index (χ2v) is 3.75. The highest BCUT2D eigenvalue weighted by Gasteiger charge is 2.05. The Hall–Kier alpha value is -1.89. The lowest BCUT2D eigenvalue weighted by Crippen LogP contribution is -2.29. The number of rotatable bonds is 8. The number of likely N-dealkylation sites (N-methyl/N-ethyl adjacent to an activating group) is 1. The Kier molecular flexibility index (Phi) is 6.59. The summed E-state index contributed by atoms with van der Waals surface area (Å²) in [4.78, 5) is 19.9. The summed E-state index contributed by atoms with van der Waals surface area (Å²) in [5, 5.41) is 8.62. The molecule has 3 N–H and O–H groups in total. The van der Waals surface area contributed by atoms with E-state index in [2.05, 4.69) is 25.9 Å². The van der Waals surface area contributed by atoms with Gasteiger partial charge in [0.15, 0.2) is 5.82 Å². The molecule has 0 aliphatic carbocycles. The van der Waals surface area contributed by atoms with E-state index in [9.17, 15) is 4.79 Å². The molecule has 7 nitrogen and oxygen atoms in total. The van der Waals surface area contributed by atoms with Gasteiger partial charge in [-0.15, -0.1) is 0 Å². The maximum atomic E-state index is 11.4. The lowest BCUT2D eigenvalue weighted by molar-refractivity contribution is -0.119. The normalized spacial score (nSPS) is 10.1. The van der Waals surface area contributed by atoms with Crippen LogP contribution >= 0.6 is 0 Å². The zero-order chi connectivity index (χ0) is 14.1. The van der Waals surface area contributed by atoms with Crippen LogP contribution in [0, 0.1) is 0 Å². The molecule has 0 radical (unpaired) electrons. The Morgan fingerprint density at radius 1 is 1.32 bits per heavy atom. The molecule has 0 saturated heterocycles. The van der Waals surface area contributed by atoms with E-state index < -0.39 is 0 Å². The number of carbonyl (C=O) groups is 1. The van der Waals surface area contributed by atoms with Crippen molar-refractivity contribution in [1.82, 2.24) is 15.3 Å². The first kappa shape index (κ1) is 15.2. The SMILES string of the molecule is CCNC(=O)CNc1cc(NC)nc(COCC)n1. The fourth-order valence-corrected chi connectivity index (χ4v) is 1.40. The molecule has 0 bridgehead atoms. The highest BCUT2D eigenvalue weighted by molar-refractivity contribution is 5.80. The Morgan fingerprint density at radius 2 is 2.05 bits per heavy atom. The van der Waals surface area contributed by atoms with Crippen LogP contribution in [0.2, 0.25) is 0 Å². The Bertz CT molecular complexity index is 411. The van der Waals surface area contributed by atoms with Gasteiger partial charge in [0, 0.05) is 26.3 Å². The lowest BCUT2D eigenvalue weighted by atomic mass is 10.4. The number of ether oxygens (including phenoxy) is 1. The van der Waals surface area contributed by atoms with Gasteiger partial charge in [0.25, 0.3) is 0 Å². The van der Waals surface area contributed by atoms with Crippen molar-refractivity contribution in [1.29, 1.82) is 0 Å². The monoisotopic (exact) mass is 267 g/mol. The van der Waals surface area contributed by atoms with Crippen LogP contribution in [0.4, 0.5) is 11.6 Å². The summed E-state index contributed by atoms with van der Waals surface area (Å²) in [7, 11) is 1.78. The number of hydrogen-bond acceptors (Lipinski definition) is 6. The summed E-state index contributed by atoms with van der Waals surface area (Å²) in [6.45, 7) is 5.54. The summed E-state index contributed by atoms with van der Waals surface area (Å²) in [5.41, 5.74) is 0. The van der Waals surface area contributed by atoms with Crippen molar-refractivity contribution in [2.75, 3.05) is 37.4 Å². The van der Waals surface area contributed by atoms with Gasteiger partial charge in [0.2, 0.25) is 5.91 Å². The van der Waals surface area contributed by atoms with Gasteiger partial charge in [-0.3, -0.25) is 4.79 Å². The summed E-state index contributed by atoms with van der Waals surface area (Å²) in [5.74, 6) is 1.79. The van der Waals surface area contributed by atoms with Crippen LogP contribution < -0.4 is 16.0 Å². The molecule has 1 heterocycles. The second kappa shape index (κ2) is 8.25. The molecule has 19 heavy (non-hydrogen) atoms. The highest BCUT2D eigenvalue weighted by atomic mass is 16.5. The molecular weight excluding hydrogens is 246 g/mol. The molecule has 1 rings (SSSR count). The van der Waals surface area contributed by atoms with Crippen molar-refractivity contribution >= 4 is 17.5 Å². The predicted octanol–water partition coefficient (Wildman–Crippen LogP) is 0.603. The third kappa shape index (κ3) is 5.52. The van der Waals surface area contributed by atoms with Crippen LogP contribution in [-0.4, -0.2) is 42.6 Å². The maximum Gasteiger partial charge on any atom is 0.239 e. The first-order chi connectivity index (χ1) is 9.19.